The normalized spacial score (nSPS) is 12.8. The molecule has 0 spiro atoms. The Balaban J connectivity index is 3.49. The standard InChI is InChI=1S/C37H66N2O2/c1-4-6-8-10-12-14-16-17-18-19-21-23-25-27-29-33-37(41)39-35(3)31-30-34-38-36(40)32-28-26-24-22-20-15-13-11-9-7-5-2/h5,7,11-14,17-18,35H,4,6,8-10,15-16,19-34H2,1-3H3,(H,38,40)(H,39,41)/b7-5-,13-11-,14-12-,18-17-. The Hall–Kier alpha value is -2.10. The minimum absolute atomic E-state index is 0.162. The molecule has 1 unspecified atom stereocenters. The maximum Gasteiger partial charge on any atom is 0.220 e. The molecule has 0 aliphatic heterocycles. The minimum Gasteiger partial charge on any atom is -0.356 e. The number of amides is 2. The van der Waals surface area contributed by atoms with Gasteiger partial charge in [0, 0.05) is 25.4 Å². The van der Waals surface area contributed by atoms with Gasteiger partial charge in [-0.05, 0) is 90.9 Å². The summed E-state index contributed by atoms with van der Waals surface area (Å²) in [6, 6.07) is 0.162. The first-order valence-corrected chi connectivity index (χ1v) is 17.2. The predicted octanol–water partition coefficient (Wildman–Crippen LogP) is 10.5. The molecule has 2 amide bonds. The van der Waals surface area contributed by atoms with Crippen molar-refractivity contribution in [1.29, 1.82) is 0 Å². The molecule has 0 aromatic rings. The number of allylic oxidation sites excluding steroid dienone is 8. The smallest absolute Gasteiger partial charge is 0.220 e. The Morgan fingerprint density at radius 3 is 1.63 bits per heavy atom. The number of hydrogen-bond acceptors (Lipinski definition) is 2. The molecule has 0 aliphatic carbocycles. The Kier molecular flexibility index (Phi) is 30.8. The van der Waals surface area contributed by atoms with E-state index in [1.165, 1.54) is 64.2 Å². The quantitative estimate of drug-likeness (QED) is 0.0694. The zero-order valence-corrected chi connectivity index (χ0v) is 27.3. The second kappa shape index (κ2) is 32.4. The molecule has 2 N–H and O–H groups in total. The molecule has 0 rings (SSSR count). The summed E-state index contributed by atoms with van der Waals surface area (Å²) in [5, 5.41) is 6.16. The topological polar surface area (TPSA) is 58.2 Å². The molecule has 0 aliphatic rings. The van der Waals surface area contributed by atoms with Crippen LogP contribution < -0.4 is 10.6 Å². The molecule has 4 heteroatoms. The predicted molar refractivity (Wildman–Crippen MR) is 180 cm³/mol. The van der Waals surface area contributed by atoms with Crippen LogP contribution in [0.3, 0.4) is 0 Å². The first kappa shape index (κ1) is 38.9. The first-order chi connectivity index (χ1) is 20.1. The largest absolute Gasteiger partial charge is 0.356 e. The monoisotopic (exact) mass is 571 g/mol. The van der Waals surface area contributed by atoms with E-state index in [4.69, 9.17) is 0 Å². The second-order valence-corrected chi connectivity index (χ2v) is 11.5. The molecule has 0 aromatic heterocycles. The van der Waals surface area contributed by atoms with E-state index < -0.39 is 0 Å². The maximum absolute atomic E-state index is 12.2. The fraction of sp³-hybridized carbons (Fsp3) is 0.730. The lowest BCUT2D eigenvalue weighted by Gasteiger charge is -2.14. The minimum atomic E-state index is 0.162. The zero-order chi connectivity index (χ0) is 30.1. The van der Waals surface area contributed by atoms with Gasteiger partial charge in [-0.25, -0.2) is 0 Å². The number of unbranched alkanes of at least 4 members (excludes halogenated alkanes) is 13. The summed E-state index contributed by atoms with van der Waals surface area (Å²) in [5.41, 5.74) is 0. The Labute approximate surface area is 255 Å². The number of hydrogen-bond donors (Lipinski definition) is 2. The summed E-state index contributed by atoms with van der Waals surface area (Å²) in [6.07, 6.45) is 42.2. The van der Waals surface area contributed by atoms with Crippen LogP contribution in [0, 0.1) is 0 Å². The van der Waals surface area contributed by atoms with E-state index >= 15 is 0 Å². The lowest BCUT2D eigenvalue weighted by atomic mass is 10.1. The van der Waals surface area contributed by atoms with E-state index in [0.717, 1.165) is 64.2 Å². The third kappa shape index (κ3) is 32.3. The lowest BCUT2D eigenvalue weighted by Crippen LogP contribution is -2.33. The Morgan fingerprint density at radius 1 is 0.585 bits per heavy atom. The molecule has 0 bridgehead atoms. The molecule has 0 saturated heterocycles. The van der Waals surface area contributed by atoms with E-state index in [0.29, 0.717) is 19.4 Å². The highest BCUT2D eigenvalue weighted by molar-refractivity contribution is 5.76. The van der Waals surface area contributed by atoms with Gasteiger partial charge in [-0.3, -0.25) is 9.59 Å². The summed E-state index contributed by atoms with van der Waals surface area (Å²) >= 11 is 0. The van der Waals surface area contributed by atoms with Crippen LogP contribution in [0.15, 0.2) is 48.6 Å². The summed E-state index contributed by atoms with van der Waals surface area (Å²) in [7, 11) is 0. The van der Waals surface area contributed by atoms with E-state index in [1.54, 1.807) is 0 Å². The van der Waals surface area contributed by atoms with Crippen molar-refractivity contribution >= 4 is 11.8 Å². The van der Waals surface area contributed by atoms with Gasteiger partial charge in [0.2, 0.25) is 11.8 Å². The maximum atomic E-state index is 12.2. The van der Waals surface area contributed by atoms with E-state index in [9.17, 15) is 9.59 Å². The van der Waals surface area contributed by atoms with Crippen molar-refractivity contribution in [1.82, 2.24) is 10.6 Å². The van der Waals surface area contributed by atoms with Gasteiger partial charge in [-0.2, -0.15) is 0 Å². The van der Waals surface area contributed by atoms with Gasteiger partial charge in [-0.1, -0.05) is 107 Å². The van der Waals surface area contributed by atoms with Crippen molar-refractivity contribution in [3.63, 3.8) is 0 Å². The third-order valence-corrected chi connectivity index (χ3v) is 7.35. The van der Waals surface area contributed by atoms with Crippen LogP contribution >= 0.6 is 0 Å². The molecular formula is C37H66N2O2. The van der Waals surface area contributed by atoms with Crippen LogP contribution in [-0.4, -0.2) is 24.4 Å². The average Bonchev–Trinajstić information content (AvgIpc) is 2.96. The first-order valence-electron chi connectivity index (χ1n) is 17.2. The van der Waals surface area contributed by atoms with Gasteiger partial charge in [0.05, 0.1) is 0 Å². The van der Waals surface area contributed by atoms with Crippen molar-refractivity contribution in [3.05, 3.63) is 48.6 Å². The number of nitrogens with one attached hydrogen (secondary N) is 2. The van der Waals surface area contributed by atoms with Crippen LogP contribution in [0.5, 0.6) is 0 Å². The molecule has 236 valence electrons. The Morgan fingerprint density at radius 2 is 1.07 bits per heavy atom. The number of rotatable bonds is 29. The van der Waals surface area contributed by atoms with E-state index in [-0.39, 0.29) is 17.9 Å². The SMILES string of the molecule is C/C=C\C/C=C\CCCCCCCC(=O)NCCCC(C)NC(=O)CCCCCCC/C=C\C/C=C\CCCCC. The van der Waals surface area contributed by atoms with Crippen LogP contribution in [0.2, 0.25) is 0 Å². The van der Waals surface area contributed by atoms with Crippen molar-refractivity contribution in [2.75, 3.05) is 6.54 Å². The molecular weight excluding hydrogens is 504 g/mol. The van der Waals surface area contributed by atoms with Crippen molar-refractivity contribution < 1.29 is 9.59 Å². The highest BCUT2D eigenvalue weighted by atomic mass is 16.2. The molecule has 1 atom stereocenters. The molecule has 0 saturated carbocycles. The highest BCUT2D eigenvalue weighted by Gasteiger charge is 2.07. The summed E-state index contributed by atoms with van der Waals surface area (Å²) in [6.45, 7) is 7.06. The van der Waals surface area contributed by atoms with Crippen molar-refractivity contribution in [2.45, 2.75) is 168 Å². The third-order valence-electron chi connectivity index (χ3n) is 7.35. The highest BCUT2D eigenvalue weighted by Crippen LogP contribution is 2.10. The van der Waals surface area contributed by atoms with Gasteiger partial charge < -0.3 is 10.6 Å². The van der Waals surface area contributed by atoms with Gasteiger partial charge in [-0.15, -0.1) is 0 Å². The summed E-state index contributed by atoms with van der Waals surface area (Å²) in [5.74, 6) is 0.326. The van der Waals surface area contributed by atoms with Gasteiger partial charge in [0.25, 0.3) is 0 Å². The summed E-state index contributed by atoms with van der Waals surface area (Å²) in [4.78, 5) is 24.3. The fourth-order valence-corrected chi connectivity index (χ4v) is 4.75. The van der Waals surface area contributed by atoms with Gasteiger partial charge in [0.1, 0.15) is 0 Å². The molecule has 0 heterocycles. The molecule has 0 fully saturated rings. The Bertz CT molecular complexity index is 708. The van der Waals surface area contributed by atoms with Gasteiger partial charge in [0.15, 0.2) is 0 Å². The number of carbonyl (C=O) groups is 2. The van der Waals surface area contributed by atoms with Crippen LogP contribution in [-0.2, 0) is 9.59 Å². The zero-order valence-electron chi connectivity index (χ0n) is 27.3. The van der Waals surface area contributed by atoms with Crippen molar-refractivity contribution in [2.24, 2.45) is 0 Å². The van der Waals surface area contributed by atoms with Crippen LogP contribution in [0.4, 0.5) is 0 Å². The second-order valence-electron chi connectivity index (χ2n) is 11.5. The van der Waals surface area contributed by atoms with Crippen molar-refractivity contribution in [3.8, 4) is 0 Å². The van der Waals surface area contributed by atoms with Crippen LogP contribution in [0.1, 0.15) is 162 Å². The van der Waals surface area contributed by atoms with Crippen LogP contribution in [0.25, 0.3) is 0 Å². The number of carbonyl (C=O) groups excluding carboxylic acids is 2. The molecule has 4 nitrogen and oxygen atoms in total. The van der Waals surface area contributed by atoms with E-state index in [2.05, 4.69) is 80.0 Å². The van der Waals surface area contributed by atoms with E-state index in [1.807, 2.05) is 0 Å². The molecule has 41 heavy (non-hydrogen) atoms. The lowest BCUT2D eigenvalue weighted by molar-refractivity contribution is -0.122. The molecule has 0 radical (unpaired) electrons. The van der Waals surface area contributed by atoms with Gasteiger partial charge >= 0.3 is 0 Å². The fourth-order valence-electron chi connectivity index (χ4n) is 4.75. The molecule has 0 aromatic carbocycles. The summed E-state index contributed by atoms with van der Waals surface area (Å²) < 4.78 is 0. The average molecular weight is 571 g/mol.